The molecule has 2 atom stereocenters. The summed E-state index contributed by atoms with van der Waals surface area (Å²) in [6, 6.07) is 0. The fourth-order valence-corrected chi connectivity index (χ4v) is 6.98. The van der Waals surface area contributed by atoms with Crippen LogP contribution in [0, 0.1) is 11.8 Å². The van der Waals surface area contributed by atoms with Crippen LogP contribution >= 0.6 is 22.9 Å². The quantitative estimate of drug-likeness (QED) is 0.421. The summed E-state index contributed by atoms with van der Waals surface area (Å²) in [4.78, 5) is 22.4. The number of hydrogen-bond donors (Lipinski definition) is 0. The smallest absolute Gasteiger partial charge is 0.347 e. The second-order valence-electron chi connectivity index (χ2n) is 10.8. The summed E-state index contributed by atoms with van der Waals surface area (Å²) in [7, 11) is 0. The summed E-state index contributed by atoms with van der Waals surface area (Å²) in [6.45, 7) is 2.01. The maximum atomic E-state index is 12.8. The van der Waals surface area contributed by atoms with E-state index in [0.717, 1.165) is 15.4 Å². The Morgan fingerprint density at radius 1 is 0.974 bits per heavy atom. The standard InChI is InChI=1S/C26H35ClF3N5O3S/c27-25-32-24(26(28,29)30)33-35(25)13-21(36)34-11-9-17(10-12-34)22-31-20(16-39-22)23-37-14-18-7-5-3-1-2-4-6-8-19(18)15-38-23/h16-19,23H,1-15H2. The van der Waals surface area contributed by atoms with Gasteiger partial charge in [-0.3, -0.25) is 4.79 Å². The van der Waals surface area contributed by atoms with Crippen molar-refractivity contribution in [3.05, 3.63) is 27.2 Å². The topological polar surface area (TPSA) is 82.4 Å². The molecule has 0 bridgehead atoms. The normalized spacial score (nSPS) is 26.2. The number of hydrogen-bond acceptors (Lipinski definition) is 7. The minimum absolute atomic E-state index is 0.201. The summed E-state index contributed by atoms with van der Waals surface area (Å²) in [6.07, 6.45) is 6.49. The maximum Gasteiger partial charge on any atom is 0.453 e. The Bertz CT molecular complexity index is 1090. The highest BCUT2D eigenvalue weighted by Crippen LogP contribution is 2.36. The van der Waals surface area contributed by atoms with Crippen molar-refractivity contribution in [1.29, 1.82) is 0 Å². The van der Waals surface area contributed by atoms with Crippen LogP contribution in [-0.4, -0.2) is 56.9 Å². The molecule has 3 fully saturated rings. The van der Waals surface area contributed by atoms with E-state index in [1.807, 2.05) is 5.38 Å². The predicted molar refractivity (Wildman–Crippen MR) is 139 cm³/mol. The van der Waals surface area contributed by atoms with E-state index in [-0.39, 0.29) is 18.4 Å². The van der Waals surface area contributed by atoms with Crippen molar-refractivity contribution in [3.8, 4) is 0 Å². The van der Waals surface area contributed by atoms with Crippen molar-refractivity contribution >= 4 is 28.8 Å². The van der Waals surface area contributed by atoms with Crippen molar-refractivity contribution in [2.75, 3.05) is 26.3 Å². The summed E-state index contributed by atoms with van der Waals surface area (Å²) < 4.78 is 51.8. The molecule has 3 aliphatic rings. The first-order chi connectivity index (χ1) is 18.8. The number of aromatic nitrogens is 4. The van der Waals surface area contributed by atoms with E-state index < -0.39 is 23.6 Å². The number of carbonyl (C=O) groups is 1. The number of nitrogens with zero attached hydrogens (tertiary/aromatic N) is 5. The van der Waals surface area contributed by atoms with Gasteiger partial charge in [-0.05, 0) is 49.1 Å². The molecule has 8 nitrogen and oxygen atoms in total. The third-order valence-electron chi connectivity index (χ3n) is 8.13. The average Bonchev–Trinajstić information content (AvgIpc) is 3.50. The molecular formula is C26H35ClF3N5O3S. The van der Waals surface area contributed by atoms with Crippen molar-refractivity contribution < 1.29 is 27.4 Å². The number of amides is 1. The van der Waals surface area contributed by atoms with Crippen molar-refractivity contribution in [1.82, 2.24) is 24.6 Å². The first-order valence-electron chi connectivity index (χ1n) is 13.9. The molecular weight excluding hydrogens is 555 g/mol. The Kier molecular flexibility index (Phi) is 9.46. The number of fused-ring (bicyclic) bond motifs is 1. The molecule has 0 radical (unpaired) electrons. The van der Waals surface area contributed by atoms with Crippen LogP contribution in [0.1, 0.15) is 92.9 Å². The van der Waals surface area contributed by atoms with E-state index in [1.54, 1.807) is 16.2 Å². The highest BCUT2D eigenvalue weighted by Gasteiger charge is 2.37. The van der Waals surface area contributed by atoms with E-state index in [2.05, 4.69) is 10.1 Å². The Balaban J connectivity index is 1.13. The third kappa shape index (κ3) is 7.31. The molecule has 5 rings (SSSR count). The van der Waals surface area contributed by atoms with Crippen molar-refractivity contribution in [2.24, 2.45) is 11.8 Å². The highest BCUT2D eigenvalue weighted by atomic mass is 35.5. The third-order valence-corrected chi connectivity index (χ3v) is 9.44. The minimum atomic E-state index is -4.72. The van der Waals surface area contributed by atoms with Crippen LogP contribution < -0.4 is 0 Å². The highest BCUT2D eigenvalue weighted by molar-refractivity contribution is 7.09. The summed E-state index contributed by atoms with van der Waals surface area (Å²) in [5.41, 5.74) is 0.818. The molecule has 0 N–H and O–H groups in total. The average molecular weight is 590 g/mol. The molecule has 4 heterocycles. The van der Waals surface area contributed by atoms with Gasteiger partial charge in [0.25, 0.3) is 5.82 Å². The number of piperidine rings is 1. The number of ether oxygens (including phenoxy) is 2. The number of thiazole rings is 1. The molecule has 1 aliphatic carbocycles. The Labute approximate surface area is 235 Å². The number of halogens is 4. The Morgan fingerprint density at radius 3 is 2.18 bits per heavy atom. The van der Waals surface area contributed by atoms with E-state index >= 15 is 0 Å². The second kappa shape index (κ2) is 12.8. The van der Waals surface area contributed by atoms with Crippen molar-refractivity contribution in [3.63, 3.8) is 0 Å². The lowest BCUT2D eigenvalue weighted by Gasteiger charge is -2.31. The lowest BCUT2D eigenvalue weighted by Crippen LogP contribution is -2.40. The zero-order chi connectivity index (χ0) is 27.4. The lowest BCUT2D eigenvalue weighted by atomic mass is 9.84. The number of alkyl halides is 3. The van der Waals surface area contributed by atoms with Gasteiger partial charge >= 0.3 is 6.18 Å². The zero-order valence-corrected chi connectivity index (χ0v) is 23.4. The first kappa shape index (κ1) is 28.8. The maximum absolute atomic E-state index is 12.8. The number of carbonyl (C=O) groups excluding carboxylic acids is 1. The van der Waals surface area contributed by atoms with Gasteiger partial charge in [0.15, 0.2) is 0 Å². The molecule has 216 valence electrons. The summed E-state index contributed by atoms with van der Waals surface area (Å²) in [5, 5.41) is 5.91. The SMILES string of the molecule is O=C(Cn1nc(C(F)(F)F)nc1Cl)N1CCC(c2nc(C3OCC4CCCCCCCCC4CO3)cs2)CC1. The Morgan fingerprint density at radius 2 is 1.59 bits per heavy atom. The molecule has 2 saturated heterocycles. The zero-order valence-electron chi connectivity index (χ0n) is 21.9. The molecule has 0 spiro atoms. The number of rotatable bonds is 4. The van der Waals surface area contributed by atoms with Crippen LogP contribution in [0.4, 0.5) is 13.2 Å². The molecule has 2 aromatic heterocycles. The molecule has 13 heteroatoms. The van der Waals surface area contributed by atoms with Gasteiger partial charge in [0, 0.05) is 24.4 Å². The Hall–Kier alpha value is -1.76. The predicted octanol–water partition coefficient (Wildman–Crippen LogP) is 6.23. The van der Waals surface area contributed by atoms with Crippen LogP contribution in [-0.2, 0) is 27.0 Å². The van der Waals surface area contributed by atoms with Crippen LogP contribution in [0.15, 0.2) is 5.38 Å². The molecule has 2 aliphatic heterocycles. The summed E-state index contributed by atoms with van der Waals surface area (Å²) in [5.74, 6) is -0.405. The van der Waals surface area contributed by atoms with Crippen LogP contribution in [0.2, 0.25) is 5.28 Å². The largest absolute Gasteiger partial charge is 0.453 e. The van der Waals surface area contributed by atoms with Gasteiger partial charge in [0.1, 0.15) is 12.2 Å². The minimum Gasteiger partial charge on any atom is -0.347 e. The fraction of sp³-hybridized carbons (Fsp3) is 0.769. The van der Waals surface area contributed by atoms with E-state index in [1.165, 1.54) is 51.4 Å². The molecule has 39 heavy (non-hydrogen) atoms. The van der Waals surface area contributed by atoms with E-state index in [9.17, 15) is 18.0 Å². The first-order valence-corrected chi connectivity index (χ1v) is 15.2. The van der Waals surface area contributed by atoms with Gasteiger partial charge in [0.2, 0.25) is 17.5 Å². The van der Waals surface area contributed by atoms with Crippen LogP contribution in [0.25, 0.3) is 0 Å². The van der Waals surface area contributed by atoms with Crippen LogP contribution in [0.3, 0.4) is 0 Å². The lowest BCUT2D eigenvalue weighted by molar-refractivity contribution is -0.145. The van der Waals surface area contributed by atoms with Crippen molar-refractivity contribution in [2.45, 2.75) is 89.1 Å². The second-order valence-corrected chi connectivity index (χ2v) is 12.1. The molecule has 1 amide bonds. The van der Waals surface area contributed by atoms with Gasteiger partial charge in [-0.25, -0.2) is 9.67 Å². The molecule has 2 aromatic rings. The monoisotopic (exact) mass is 589 g/mol. The molecule has 1 saturated carbocycles. The number of likely N-dealkylation sites (tertiary alicyclic amines) is 1. The van der Waals surface area contributed by atoms with Gasteiger partial charge in [-0.15, -0.1) is 16.4 Å². The van der Waals surface area contributed by atoms with Gasteiger partial charge in [-0.2, -0.15) is 18.2 Å². The summed E-state index contributed by atoms with van der Waals surface area (Å²) >= 11 is 7.36. The van der Waals surface area contributed by atoms with E-state index in [4.69, 9.17) is 26.1 Å². The fourth-order valence-electron chi connectivity index (χ4n) is 5.82. The van der Waals surface area contributed by atoms with Gasteiger partial charge in [-0.1, -0.05) is 38.5 Å². The van der Waals surface area contributed by atoms with E-state index in [0.29, 0.717) is 51.0 Å². The molecule has 0 aromatic carbocycles. The van der Waals surface area contributed by atoms with Crippen LogP contribution in [0.5, 0.6) is 0 Å². The van der Waals surface area contributed by atoms with Gasteiger partial charge in [0.05, 0.1) is 18.2 Å². The molecule has 2 unspecified atom stereocenters. The van der Waals surface area contributed by atoms with Gasteiger partial charge < -0.3 is 14.4 Å².